The Morgan fingerprint density at radius 3 is 2.84 bits per heavy atom. The third-order valence-electron chi connectivity index (χ3n) is 3.70. The van der Waals surface area contributed by atoms with Gasteiger partial charge in [0.25, 0.3) is 5.56 Å². The highest BCUT2D eigenvalue weighted by molar-refractivity contribution is 9.10. The van der Waals surface area contributed by atoms with Gasteiger partial charge in [0.2, 0.25) is 5.91 Å². The van der Waals surface area contributed by atoms with Crippen LogP contribution in [0.3, 0.4) is 0 Å². The molecule has 0 bridgehead atoms. The molecule has 3 rings (SSSR count). The van der Waals surface area contributed by atoms with Crippen molar-refractivity contribution >= 4 is 38.3 Å². The van der Waals surface area contributed by atoms with Crippen LogP contribution in [0.4, 0.5) is 5.69 Å². The topological polar surface area (TPSA) is 71.2 Å². The van der Waals surface area contributed by atoms with E-state index in [2.05, 4.69) is 26.2 Å². The van der Waals surface area contributed by atoms with Gasteiger partial charge in [0.15, 0.2) is 0 Å². The number of amides is 1. The molecule has 1 heterocycles. The lowest BCUT2D eigenvalue weighted by molar-refractivity contribution is -0.116. The number of hydrogen-bond donors (Lipinski definition) is 2. The Bertz CT molecular complexity index is 947. The molecule has 0 aliphatic heterocycles. The molecule has 0 fully saturated rings. The molecule has 0 aliphatic carbocycles. The zero-order valence-corrected chi connectivity index (χ0v) is 15.0. The Hall–Kier alpha value is -2.60. The summed E-state index contributed by atoms with van der Waals surface area (Å²) >= 11 is 3.25. The molecule has 0 atom stereocenters. The van der Waals surface area contributed by atoms with Gasteiger partial charge in [-0.15, -0.1) is 0 Å². The van der Waals surface area contributed by atoms with E-state index in [4.69, 9.17) is 4.74 Å². The summed E-state index contributed by atoms with van der Waals surface area (Å²) in [5, 5.41) is 4.78. The van der Waals surface area contributed by atoms with E-state index in [1.807, 2.05) is 42.5 Å². The van der Waals surface area contributed by atoms with E-state index in [-0.39, 0.29) is 23.6 Å². The summed E-state index contributed by atoms with van der Waals surface area (Å²) in [6, 6.07) is 15.5. The maximum absolute atomic E-state index is 12.0. The number of anilines is 1. The maximum Gasteiger partial charge on any atom is 0.271 e. The molecule has 0 saturated carbocycles. The van der Waals surface area contributed by atoms with Crippen molar-refractivity contribution in [3.63, 3.8) is 0 Å². The van der Waals surface area contributed by atoms with Crippen LogP contribution in [-0.2, 0) is 4.79 Å². The van der Waals surface area contributed by atoms with E-state index in [0.29, 0.717) is 17.5 Å². The van der Waals surface area contributed by atoms with Gasteiger partial charge in [-0.3, -0.25) is 9.59 Å². The molecule has 2 N–H and O–H groups in total. The first-order valence-corrected chi connectivity index (χ1v) is 8.71. The number of fused-ring (bicyclic) bond motifs is 1. The Morgan fingerprint density at radius 2 is 1.96 bits per heavy atom. The lowest BCUT2D eigenvalue weighted by Gasteiger charge is -2.09. The molecule has 0 radical (unpaired) electrons. The highest BCUT2D eigenvalue weighted by Gasteiger charge is 2.07. The van der Waals surface area contributed by atoms with Crippen molar-refractivity contribution in [2.24, 2.45) is 0 Å². The summed E-state index contributed by atoms with van der Waals surface area (Å²) in [4.78, 5) is 26.1. The van der Waals surface area contributed by atoms with E-state index < -0.39 is 0 Å². The number of nitrogens with one attached hydrogen (secondary N) is 2. The van der Waals surface area contributed by atoms with Gasteiger partial charge >= 0.3 is 0 Å². The minimum Gasteiger partial charge on any atom is -0.493 e. The van der Waals surface area contributed by atoms with Crippen LogP contribution in [-0.4, -0.2) is 17.5 Å². The van der Waals surface area contributed by atoms with Gasteiger partial charge in [0, 0.05) is 22.5 Å². The van der Waals surface area contributed by atoms with E-state index in [9.17, 15) is 9.59 Å². The Kier molecular flexibility index (Phi) is 5.50. The Labute approximate surface area is 153 Å². The second kappa shape index (κ2) is 7.98. The number of aromatic nitrogens is 1. The van der Waals surface area contributed by atoms with Crippen LogP contribution in [0.25, 0.3) is 10.8 Å². The quantitative estimate of drug-likeness (QED) is 0.612. The molecule has 0 aliphatic rings. The lowest BCUT2D eigenvalue weighted by Crippen LogP contribution is -2.19. The number of carbonyl (C=O) groups excluding carboxylic acids is 1. The lowest BCUT2D eigenvalue weighted by atomic mass is 10.1. The van der Waals surface area contributed by atoms with Crippen LogP contribution < -0.4 is 15.6 Å². The summed E-state index contributed by atoms with van der Waals surface area (Å²) in [6.45, 7) is 0.427. The molecule has 128 valence electrons. The number of rotatable bonds is 6. The first-order chi connectivity index (χ1) is 12.1. The molecule has 2 aromatic carbocycles. The van der Waals surface area contributed by atoms with Gasteiger partial charge < -0.3 is 15.0 Å². The number of ether oxygens (including phenoxy) is 1. The first kappa shape index (κ1) is 17.2. The summed E-state index contributed by atoms with van der Waals surface area (Å²) in [6.07, 6.45) is 2.35. The Morgan fingerprint density at radius 1 is 1.16 bits per heavy atom. The molecular formula is C19H17BrN2O3. The van der Waals surface area contributed by atoms with Crippen molar-refractivity contribution in [1.29, 1.82) is 0 Å². The molecule has 3 aromatic rings. The smallest absolute Gasteiger partial charge is 0.271 e. The van der Waals surface area contributed by atoms with Crippen LogP contribution in [0.1, 0.15) is 12.8 Å². The van der Waals surface area contributed by atoms with Crippen molar-refractivity contribution in [3.05, 3.63) is 69.6 Å². The zero-order chi connectivity index (χ0) is 17.6. The third-order valence-corrected chi connectivity index (χ3v) is 4.16. The number of pyridine rings is 1. The fraction of sp³-hybridized carbons (Fsp3) is 0.158. The second-order valence-electron chi connectivity index (χ2n) is 5.54. The van der Waals surface area contributed by atoms with Crippen LogP contribution in [0.15, 0.2) is 64.0 Å². The number of carbonyl (C=O) groups is 1. The Balaban J connectivity index is 1.52. The van der Waals surface area contributed by atoms with Crippen LogP contribution in [0.2, 0.25) is 0 Å². The van der Waals surface area contributed by atoms with E-state index in [0.717, 1.165) is 16.5 Å². The normalized spacial score (nSPS) is 10.6. The number of aromatic amines is 1. The predicted octanol–water partition coefficient (Wildman–Crippen LogP) is 4.09. The molecule has 1 amide bonds. The van der Waals surface area contributed by atoms with Gasteiger partial charge in [0.1, 0.15) is 11.4 Å². The van der Waals surface area contributed by atoms with Crippen molar-refractivity contribution < 1.29 is 9.53 Å². The number of halogens is 1. The molecule has 1 aromatic heterocycles. The van der Waals surface area contributed by atoms with Gasteiger partial charge in [-0.1, -0.05) is 36.4 Å². The van der Waals surface area contributed by atoms with Crippen LogP contribution >= 0.6 is 15.9 Å². The third kappa shape index (κ3) is 4.48. The second-order valence-corrected chi connectivity index (χ2v) is 6.45. The van der Waals surface area contributed by atoms with Gasteiger partial charge in [-0.05, 0) is 39.9 Å². The average molecular weight is 401 g/mol. The molecule has 5 nitrogen and oxygen atoms in total. The molecule has 0 unspecified atom stereocenters. The summed E-state index contributed by atoms with van der Waals surface area (Å²) < 4.78 is 6.50. The molecular weight excluding hydrogens is 384 g/mol. The molecule has 0 spiro atoms. The van der Waals surface area contributed by atoms with Crippen molar-refractivity contribution in [2.45, 2.75) is 12.8 Å². The monoisotopic (exact) mass is 400 g/mol. The number of H-pyrrole nitrogens is 1. The SMILES string of the molecule is O=C(CCCOc1cccc2ccccc12)Nc1cc(Br)c[nH]c1=O. The predicted molar refractivity (Wildman–Crippen MR) is 102 cm³/mol. The first-order valence-electron chi connectivity index (χ1n) is 7.92. The maximum atomic E-state index is 12.0. The van der Waals surface area contributed by atoms with E-state index in [1.165, 1.54) is 6.20 Å². The molecule has 25 heavy (non-hydrogen) atoms. The minimum atomic E-state index is -0.330. The largest absolute Gasteiger partial charge is 0.493 e. The van der Waals surface area contributed by atoms with Gasteiger partial charge in [0.05, 0.1) is 6.61 Å². The van der Waals surface area contributed by atoms with Crippen molar-refractivity contribution in [1.82, 2.24) is 4.98 Å². The molecule has 0 saturated heterocycles. The van der Waals surface area contributed by atoms with E-state index >= 15 is 0 Å². The molecule has 6 heteroatoms. The number of benzene rings is 2. The summed E-state index contributed by atoms with van der Waals surface area (Å²) in [5.41, 5.74) is -0.0992. The van der Waals surface area contributed by atoms with Gasteiger partial charge in [-0.25, -0.2) is 0 Å². The van der Waals surface area contributed by atoms with E-state index in [1.54, 1.807) is 6.07 Å². The minimum absolute atomic E-state index is 0.217. The standard InChI is InChI=1S/C19H17BrN2O3/c20-14-11-16(19(24)21-12-14)22-18(23)9-4-10-25-17-8-3-6-13-5-1-2-7-15(13)17/h1-3,5-8,11-12H,4,9-10H2,(H,21,24)(H,22,23). The summed E-state index contributed by atoms with van der Waals surface area (Å²) in [7, 11) is 0. The zero-order valence-electron chi connectivity index (χ0n) is 13.4. The number of hydrogen-bond acceptors (Lipinski definition) is 3. The van der Waals surface area contributed by atoms with Crippen molar-refractivity contribution in [3.8, 4) is 5.75 Å². The average Bonchev–Trinajstić information content (AvgIpc) is 2.62. The van der Waals surface area contributed by atoms with Crippen molar-refractivity contribution in [2.75, 3.05) is 11.9 Å². The fourth-order valence-electron chi connectivity index (χ4n) is 2.50. The van der Waals surface area contributed by atoms with Gasteiger partial charge in [-0.2, -0.15) is 0 Å². The fourth-order valence-corrected chi connectivity index (χ4v) is 2.84. The highest BCUT2D eigenvalue weighted by atomic mass is 79.9. The van der Waals surface area contributed by atoms with Crippen LogP contribution in [0, 0.1) is 0 Å². The summed E-state index contributed by atoms with van der Waals surface area (Å²) in [5.74, 6) is 0.590. The highest BCUT2D eigenvalue weighted by Crippen LogP contribution is 2.25. The van der Waals surface area contributed by atoms with Crippen LogP contribution in [0.5, 0.6) is 5.75 Å².